The average Bonchev–Trinajstić information content (AvgIpc) is 3.31. The minimum absolute atomic E-state index is 0.0607. The van der Waals surface area contributed by atoms with Gasteiger partial charge in [0.2, 0.25) is 0 Å². The first-order valence-corrected chi connectivity index (χ1v) is 10.5. The molecule has 1 aliphatic heterocycles. The summed E-state index contributed by atoms with van der Waals surface area (Å²) >= 11 is 1.52. The number of hydrogen-bond acceptors (Lipinski definition) is 6. The number of H-pyrrole nitrogens is 1. The molecule has 0 unspecified atom stereocenters. The lowest BCUT2D eigenvalue weighted by Crippen LogP contribution is -2.49. The summed E-state index contributed by atoms with van der Waals surface area (Å²) in [6.45, 7) is 1.97. The number of amides is 1. The number of carbonyl (C=O) groups excluding carboxylic acids is 1. The first-order chi connectivity index (χ1) is 14.9. The second-order valence-corrected chi connectivity index (χ2v) is 7.92. The van der Waals surface area contributed by atoms with Crippen molar-refractivity contribution < 1.29 is 18.0 Å². The first kappa shape index (κ1) is 21.2. The number of piperazine rings is 1. The number of rotatable bonds is 5. The standard InChI is InChI=1S/C20H19F3N6OS/c21-20(22,23)16-5-6-17(24-11-16)28-7-9-29(10-8-28)18(30)15-3-1-14(2-4-15)12-31-19-25-13-26-27-19/h1-6,11,13H,7-10,12H2,(H,25,26,27). The Labute approximate surface area is 180 Å². The molecule has 3 aromatic rings. The Balaban J connectivity index is 1.30. The van der Waals surface area contributed by atoms with Crippen LogP contribution in [-0.4, -0.2) is 57.2 Å². The lowest BCUT2D eigenvalue weighted by Gasteiger charge is -2.35. The van der Waals surface area contributed by atoms with Crippen molar-refractivity contribution in [2.24, 2.45) is 0 Å². The molecule has 162 valence electrons. The summed E-state index contributed by atoms with van der Waals surface area (Å²) in [5.74, 6) is 1.13. The Kier molecular flexibility index (Phi) is 6.12. The zero-order valence-electron chi connectivity index (χ0n) is 16.3. The zero-order chi connectivity index (χ0) is 21.8. The van der Waals surface area contributed by atoms with Crippen molar-refractivity contribution in [3.05, 3.63) is 65.6 Å². The molecule has 11 heteroatoms. The summed E-state index contributed by atoms with van der Waals surface area (Å²) in [5.41, 5.74) is 0.901. The van der Waals surface area contributed by atoms with Crippen molar-refractivity contribution in [3.8, 4) is 0 Å². The third-order valence-corrected chi connectivity index (χ3v) is 5.88. The molecule has 0 radical (unpaired) electrons. The van der Waals surface area contributed by atoms with Gasteiger partial charge < -0.3 is 9.80 Å². The molecule has 1 N–H and O–H groups in total. The number of anilines is 1. The molecule has 3 heterocycles. The minimum atomic E-state index is -4.40. The molecule has 0 aliphatic carbocycles. The van der Waals surface area contributed by atoms with Gasteiger partial charge in [-0.1, -0.05) is 23.9 Å². The van der Waals surface area contributed by atoms with Gasteiger partial charge in [0.1, 0.15) is 12.1 Å². The number of alkyl halides is 3. The largest absolute Gasteiger partial charge is 0.417 e. The molecule has 0 spiro atoms. The maximum atomic E-state index is 12.8. The van der Waals surface area contributed by atoms with Gasteiger partial charge in [-0.25, -0.2) is 9.97 Å². The number of nitrogens with zero attached hydrogens (tertiary/aromatic N) is 5. The highest BCUT2D eigenvalue weighted by molar-refractivity contribution is 7.98. The second kappa shape index (κ2) is 8.96. The van der Waals surface area contributed by atoms with Crippen molar-refractivity contribution in [2.75, 3.05) is 31.1 Å². The fourth-order valence-corrected chi connectivity index (χ4v) is 3.96. The van der Waals surface area contributed by atoms with E-state index in [1.165, 1.54) is 24.2 Å². The summed E-state index contributed by atoms with van der Waals surface area (Å²) < 4.78 is 38.1. The highest BCUT2D eigenvalue weighted by Gasteiger charge is 2.31. The van der Waals surface area contributed by atoms with Crippen molar-refractivity contribution >= 4 is 23.5 Å². The second-order valence-electron chi connectivity index (χ2n) is 6.96. The van der Waals surface area contributed by atoms with Crippen LogP contribution in [0.4, 0.5) is 19.0 Å². The summed E-state index contributed by atoms with van der Waals surface area (Å²) in [6, 6.07) is 9.85. The Bertz CT molecular complexity index is 1000. The van der Waals surface area contributed by atoms with Crippen LogP contribution in [-0.2, 0) is 11.9 Å². The smallest absolute Gasteiger partial charge is 0.353 e. The van der Waals surface area contributed by atoms with E-state index in [0.29, 0.717) is 43.3 Å². The molecule has 1 aromatic carbocycles. The van der Waals surface area contributed by atoms with Crippen LogP contribution in [0.25, 0.3) is 0 Å². The van der Waals surface area contributed by atoms with E-state index in [1.807, 2.05) is 29.2 Å². The SMILES string of the molecule is O=C(c1ccc(CSc2ncn[nH]2)cc1)N1CCN(c2ccc(C(F)(F)F)cn2)CC1. The molecule has 0 bridgehead atoms. The molecule has 0 saturated carbocycles. The van der Waals surface area contributed by atoms with Gasteiger partial charge in [0.15, 0.2) is 5.16 Å². The predicted molar refractivity (Wildman–Crippen MR) is 110 cm³/mol. The summed E-state index contributed by atoms with van der Waals surface area (Å²) in [7, 11) is 0. The highest BCUT2D eigenvalue weighted by atomic mass is 32.2. The number of thioether (sulfide) groups is 1. The van der Waals surface area contributed by atoms with Crippen LogP contribution in [0, 0.1) is 0 Å². The fourth-order valence-electron chi connectivity index (χ4n) is 3.22. The van der Waals surface area contributed by atoms with E-state index in [2.05, 4.69) is 20.2 Å². The number of carbonyl (C=O) groups is 1. The van der Waals surface area contributed by atoms with Crippen molar-refractivity contribution in [2.45, 2.75) is 17.1 Å². The molecule has 7 nitrogen and oxygen atoms in total. The maximum absolute atomic E-state index is 12.8. The van der Waals surface area contributed by atoms with Gasteiger partial charge in [-0.15, -0.1) is 0 Å². The van der Waals surface area contributed by atoms with E-state index < -0.39 is 11.7 Å². The van der Waals surface area contributed by atoms with Crippen molar-refractivity contribution in [1.82, 2.24) is 25.1 Å². The summed E-state index contributed by atoms with van der Waals surface area (Å²) in [6.07, 6.45) is -2.10. The molecule has 4 rings (SSSR count). The zero-order valence-corrected chi connectivity index (χ0v) is 17.2. The van der Waals surface area contributed by atoms with E-state index in [4.69, 9.17) is 0 Å². The van der Waals surface area contributed by atoms with Gasteiger partial charge >= 0.3 is 6.18 Å². The van der Waals surface area contributed by atoms with E-state index in [-0.39, 0.29) is 5.91 Å². The third kappa shape index (κ3) is 5.16. The van der Waals surface area contributed by atoms with Crippen LogP contribution in [0.3, 0.4) is 0 Å². The third-order valence-electron chi connectivity index (χ3n) is 4.94. The van der Waals surface area contributed by atoms with E-state index in [1.54, 1.807) is 4.90 Å². The lowest BCUT2D eigenvalue weighted by molar-refractivity contribution is -0.137. The van der Waals surface area contributed by atoms with Gasteiger partial charge in [-0.05, 0) is 29.8 Å². The van der Waals surface area contributed by atoms with Crippen LogP contribution in [0.5, 0.6) is 0 Å². The van der Waals surface area contributed by atoms with E-state index in [0.717, 1.165) is 23.0 Å². The number of aromatic nitrogens is 4. The van der Waals surface area contributed by atoms with Gasteiger partial charge in [0, 0.05) is 43.7 Å². The Hall–Kier alpha value is -3.08. The summed E-state index contributed by atoms with van der Waals surface area (Å²) in [4.78, 5) is 24.4. The number of nitrogens with one attached hydrogen (secondary N) is 1. The number of pyridine rings is 1. The molecule has 1 saturated heterocycles. The van der Waals surface area contributed by atoms with Crippen molar-refractivity contribution in [3.63, 3.8) is 0 Å². The van der Waals surface area contributed by atoms with Gasteiger partial charge in [-0.2, -0.15) is 18.3 Å². The Morgan fingerprint density at radius 3 is 2.35 bits per heavy atom. The molecule has 0 atom stereocenters. The van der Waals surface area contributed by atoms with Crippen LogP contribution in [0.2, 0.25) is 0 Å². The van der Waals surface area contributed by atoms with Crippen LogP contribution in [0.15, 0.2) is 54.1 Å². The Morgan fingerprint density at radius 2 is 1.77 bits per heavy atom. The molecule has 1 amide bonds. The monoisotopic (exact) mass is 448 g/mol. The predicted octanol–water partition coefficient (Wildman–Crippen LogP) is 3.47. The fraction of sp³-hybridized carbons (Fsp3) is 0.300. The molecule has 1 aliphatic rings. The number of hydrogen-bond donors (Lipinski definition) is 1. The molecular formula is C20H19F3N6OS. The van der Waals surface area contributed by atoms with Gasteiger partial charge in [0.25, 0.3) is 5.91 Å². The topological polar surface area (TPSA) is 78.0 Å². The van der Waals surface area contributed by atoms with E-state index in [9.17, 15) is 18.0 Å². The lowest BCUT2D eigenvalue weighted by atomic mass is 10.1. The normalized spacial score (nSPS) is 14.7. The highest BCUT2D eigenvalue weighted by Crippen LogP contribution is 2.29. The quantitative estimate of drug-likeness (QED) is 0.603. The van der Waals surface area contributed by atoms with Crippen LogP contribution >= 0.6 is 11.8 Å². The number of aromatic amines is 1. The Morgan fingerprint density at radius 1 is 1.03 bits per heavy atom. The molecule has 1 fully saturated rings. The average molecular weight is 448 g/mol. The molecule has 2 aromatic heterocycles. The minimum Gasteiger partial charge on any atom is -0.353 e. The number of benzene rings is 1. The van der Waals surface area contributed by atoms with Crippen molar-refractivity contribution in [1.29, 1.82) is 0 Å². The molecule has 31 heavy (non-hydrogen) atoms. The number of halogens is 3. The molecular weight excluding hydrogens is 429 g/mol. The summed E-state index contributed by atoms with van der Waals surface area (Å²) in [5, 5.41) is 7.33. The van der Waals surface area contributed by atoms with E-state index >= 15 is 0 Å². The van der Waals surface area contributed by atoms with Crippen LogP contribution < -0.4 is 4.90 Å². The first-order valence-electron chi connectivity index (χ1n) is 9.55. The van der Waals surface area contributed by atoms with Gasteiger partial charge in [0.05, 0.1) is 5.56 Å². The van der Waals surface area contributed by atoms with Gasteiger partial charge in [-0.3, -0.25) is 9.89 Å². The van der Waals surface area contributed by atoms with Crippen LogP contribution in [0.1, 0.15) is 21.5 Å². The maximum Gasteiger partial charge on any atom is 0.417 e.